The van der Waals surface area contributed by atoms with Crippen LogP contribution in [0.4, 0.5) is 0 Å². The Labute approximate surface area is 192 Å². The van der Waals surface area contributed by atoms with Crippen molar-refractivity contribution in [2.45, 2.75) is 0 Å². The summed E-state index contributed by atoms with van der Waals surface area (Å²) in [5.74, 6) is 0. The van der Waals surface area contributed by atoms with Gasteiger partial charge in [0.05, 0.1) is 0 Å². The lowest BCUT2D eigenvalue weighted by molar-refractivity contribution is 0.560. The lowest BCUT2D eigenvalue weighted by atomic mass is 10.2. The van der Waals surface area contributed by atoms with Gasteiger partial charge in [-0.2, -0.15) is 22.7 Å². The Kier molecular flexibility index (Phi) is 9.20. The van der Waals surface area contributed by atoms with Gasteiger partial charge in [0.25, 0.3) is 0 Å². The van der Waals surface area contributed by atoms with Crippen molar-refractivity contribution in [3.8, 4) is 0 Å². The molecule has 0 saturated heterocycles. The molecular formula is C26H20O4S2. The summed E-state index contributed by atoms with van der Waals surface area (Å²) in [6.07, 6.45) is 0. The van der Waals surface area contributed by atoms with Gasteiger partial charge in [-0.25, -0.2) is 9.59 Å². The third kappa shape index (κ3) is 7.83. The van der Waals surface area contributed by atoms with Crippen LogP contribution in [0.2, 0.25) is 0 Å². The molecule has 160 valence electrons. The molecule has 4 aromatic heterocycles. The fraction of sp³-hybridized carbons (Fsp3) is 0. The van der Waals surface area contributed by atoms with E-state index in [0.29, 0.717) is 11.2 Å². The van der Waals surface area contributed by atoms with E-state index in [9.17, 15) is 9.59 Å². The van der Waals surface area contributed by atoms with E-state index in [-0.39, 0.29) is 11.3 Å². The summed E-state index contributed by atoms with van der Waals surface area (Å²) in [6, 6.07) is 29.3. The molecule has 0 aliphatic carbocycles. The third-order valence-electron chi connectivity index (χ3n) is 3.91. The first-order valence-corrected chi connectivity index (χ1v) is 11.5. The average molecular weight is 461 g/mol. The predicted octanol–water partition coefficient (Wildman–Crippen LogP) is 7.08. The Bertz CT molecular complexity index is 1270. The molecule has 0 aliphatic rings. The maximum atomic E-state index is 10.7. The first-order chi connectivity index (χ1) is 15.7. The molecule has 0 amide bonds. The van der Waals surface area contributed by atoms with Crippen LogP contribution in [-0.4, -0.2) is 0 Å². The van der Waals surface area contributed by atoms with Crippen molar-refractivity contribution in [3.63, 3.8) is 0 Å². The normalized spacial score (nSPS) is 9.50. The van der Waals surface area contributed by atoms with Crippen LogP contribution in [0.3, 0.4) is 0 Å². The summed E-state index contributed by atoms with van der Waals surface area (Å²) < 4.78 is 9.81. The molecule has 0 N–H and O–H groups in total. The maximum absolute atomic E-state index is 10.7. The van der Waals surface area contributed by atoms with Gasteiger partial charge in [-0.1, -0.05) is 60.7 Å². The number of fused-ring (bicyclic) bond motifs is 2. The van der Waals surface area contributed by atoms with Crippen molar-refractivity contribution in [2.75, 3.05) is 0 Å². The van der Waals surface area contributed by atoms with Crippen molar-refractivity contribution in [1.82, 2.24) is 0 Å². The molecule has 6 rings (SSSR count). The van der Waals surface area contributed by atoms with Crippen molar-refractivity contribution >= 4 is 44.6 Å². The minimum absolute atomic E-state index is 0.302. The Balaban J connectivity index is 0.000000129. The Hall–Kier alpha value is -3.74. The highest BCUT2D eigenvalue weighted by Gasteiger charge is 1.93. The van der Waals surface area contributed by atoms with E-state index in [4.69, 9.17) is 8.83 Å². The fourth-order valence-corrected chi connectivity index (χ4v) is 3.38. The Morgan fingerprint density at radius 3 is 1.16 bits per heavy atom. The van der Waals surface area contributed by atoms with Gasteiger partial charge in [0.1, 0.15) is 11.2 Å². The van der Waals surface area contributed by atoms with Crippen LogP contribution in [0.1, 0.15) is 0 Å². The van der Waals surface area contributed by atoms with E-state index in [2.05, 4.69) is 0 Å². The second-order valence-corrected chi connectivity index (χ2v) is 7.80. The van der Waals surface area contributed by atoms with Gasteiger partial charge in [-0.05, 0) is 45.8 Å². The van der Waals surface area contributed by atoms with E-state index in [1.54, 1.807) is 46.9 Å². The van der Waals surface area contributed by atoms with Crippen LogP contribution < -0.4 is 11.3 Å². The van der Waals surface area contributed by atoms with E-state index in [1.807, 2.05) is 82.2 Å². The van der Waals surface area contributed by atoms with Crippen LogP contribution in [0, 0.1) is 0 Å². The van der Waals surface area contributed by atoms with Gasteiger partial charge in [0.2, 0.25) is 0 Å². The summed E-state index contributed by atoms with van der Waals surface area (Å²) in [7, 11) is 0. The first-order valence-electron chi connectivity index (χ1n) is 9.64. The molecule has 0 atom stereocenters. The summed E-state index contributed by atoms with van der Waals surface area (Å²) in [5, 5.41) is 10.1. The largest absolute Gasteiger partial charge is 0.423 e. The quantitative estimate of drug-likeness (QED) is 0.227. The third-order valence-corrected chi connectivity index (χ3v) is 5.16. The molecule has 0 spiro atoms. The van der Waals surface area contributed by atoms with Crippen molar-refractivity contribution in [3.05, 3.63) is 139 Å². The van der Waals surface area contributed by atoms with Gasteiger partial charge in [0, 0.05) is 22.9 Å². The molecule has 0 fully saturated rings. The zero-order valence-electron chi connectivity index (χ0n) is 17.0. The van der Waals surface area contributed by atoms with E-state index < -0.39 is 0 Å². The minimum Gasteiger partial charge on any atom is -0.423 e. The molecule has 2 aromatic carbocycles. The molecule has 0 unspecified atom stereocenters. The highest BCUT2D eigenvalue weighted by Crippen LogP contribution is 2.09. The lowest BCUT2D eigenvalue weighted by Gasteiger charge is -1.91. The van der Waals surface area contributed by atoms with Crippen LogP contribution in [-0.2, 0) is 0 Å². The second kappa shape index (κ2) is 12.8. The van der Waals surface area contributed by atoms with Crippen LogP contribution >= 0.6 is 22.7 Å². The maximum Gasteiger partial charge on any atom is 0.336 e. The fourth-order valence-electron chi connectivity index (χ4n) is 2.48. The number of hydrogen-bond acceptors (Lipinski definition) is 6. The van der Waals surface area contributed by atoms with E-state index >= 15 is 0 Å². The smallest absolute Gasteiger partial charge is 0.336 e. The number of rotatable bonds is 0. The van der Waals surface area contributed by atoms with Gasteiger partial charge < -0.3 is 8.83 Å². The Morgan fingerprint density at radius 2 is 0.812 bits per heavy atom. The molecule has 6 heteroatoms. The summed E-state index contributed by atoms with van der Waals surface area (Å²) >= 11 is 3.43. The van der Waals surface area contributed by atoms with Crippen LogP contribution in [0.15, 0.2) is 137 Å². The van der Waals surface area contributed by atoms with Crippen LogP contribution in [0.5, 0.6) is 0 Å². The summed E-state index contributed by atoms with van der Waals surface area (Å²) in [5.41, 5.74) is 0.674. The number of benzene rings is 2. The molecular weight excluding hydrogens is 440 g/mol. The summed E-state index contributed by atoms with van der Waals surface area (Å²) in [6.45, 7) is 0. The highest BCUT2D eigenvalue weighted by molar-refractivity contribution is 7.08. The van der Waals surface area contributed by atoms with Gasteiger partial charge in [-0.3, -0.25) is 0 Å². The van der Waals surface area contributed by atoms with Crippen molar-refractivity contribution in [1.29, 1.82) is 0 Å². The lowest BCUT2D eigenvalue weighted by Crippen LogP contribution is -1.93. The average Bonchev–Trinajstić information content (AvgIpc) is 3.59. The van der Waals surface area contributed by atoms with Crippen molar-refractivity contribution in [2.24, 2.45) is 0 Å². The zero-order chi connectivity index (χ0) is 22.4. The monoisotopic (exact) mass is 460 g/mol. The number of thiophene rings is 2. The SMILES string of the molecule is O=c1ccc2ccccc2o1.O=c1ccc2ccccc2o1.c1ccsc1.c1ccsc1. The topological polar surface area (TPSA) is 60.4 Å². The number of para-hydroxylation sites is 2. The molecule has 6 aromatic rings. The molecule has 4 heterocycles. The zero-order valence-corrected chi connectivity index (χ0v) is 18.6. The molecule has 0 aliphatic heterocycles. The van der Waals surface area contributed by atoms with Crippen LogP contribution in [0.25, 0.3) is 21.9 Å². The van der Waals surface area contributed by atoms with Gasteiger partial charge in [0.15, 0.2) is 0 Å². The molecule has 0 saturated carbocycles. The first kappa shape index (κ1) is 22.9. The van der Waals surface area contributed by atoms with E-state index in [0.717, 1.165) is 10.8 Å². The van der Waals surface area contributed by atoms with Gasteiger partial charge in [-0.15, -0.1) is 0 Å². The molecule has 0 radical (unpaired) electrons. The highest BCUT2D eigenvalue weighted by atomic mass is 32.1. The predicted molar refractivity (Wildman–Crippen MR) is 134 cm³/mol. The molecule has 4 nitrogen and oxygen atoms in total. The molecule has 0 bridgehead atoms. The second-order valence-electron chi connectivity index (χ2n) is 6.17. The Morgan fingerprint density at radius 1 is 0.438 bits per heavy atom. The molecule has 32 heavy (non-hydrogen) atoms. The minimum atomic E-state index is -0.302. The number of hydrogen-bond donors (Lipinski definition) is 0. The van der Waals surface area contributed by atoms with E-state index in [1.165, 1.54) is 12.1 Å². The standard InChI is InChI=1S/2C9H6O2.2C4H4S/c2*10-9-6-5-7-3-1-2-4-8(7)11-9;2*1-2-4-5-3-1/h2*1-6H;2*1-4H. The van der Waals surface area contributed by atoms with Gasteiger partial charge >= 0.3 is 11.3 Å². The van der Waals surface area contributed by atoms with Crippen molar-refractivity contribution < 1.29 is 8.83 Å². The summed E-state index contributed by atoms with van der Waals surface area (Å²) in [4.78, 5) is 21.4.